The molecular formula is C33H38N4O3. The second-order valence-electron chi connectivity index (χ2n) is 11.0. The van der Waals surface area contributed by atoms with Gasteiger partial charge in [-0.15, -0.1) is 0 Å². The summed E-state index contributed by atoms with van der Waals surface area (Å²) in [5.74, 6) is 1.22. The first kappa shape index (κ1) is 26.5. The maximum absolute atomic E-state index is 13.3. The molecule has 2 unspecified atom stereocenters. The molecule has 1 saturated carbocycles. The number of pyridine rings is 1. The molecular weight excluding hydrogens is 500 g/mol. The summed E-state index contributed by atoms with van der Waals surface area (Å²) in [5, 5.41) is 0. The van der Waals surface area contributed by atoms with Crippen LogP contribution >= 0.6 is 0 Å². The summed E-state index contributed by atoms with van der Waals surface area (Å²) in [7, 11) is 3.46. The Morgan fingerprint density at radius 1 is 0.900 bits per heavy atom. The van der Waals surface area contributed by atoms with Crippen molar-refractivity contribution in [2.45, 2.75) is 38.3 Å². The van der Waals surface area contributed by atoms with Crippen LogP contribution in [0.15, 0.2) is 72.9 Å². The lowest BCUT2D eigenvalue weighted by Crippen LogP contribution is -2.50. The van der Waals surface area contributed by atoms with E-state index < -0.39 is 0 Å². The molecule has 1 aliphatic heterocycles. The molecule has 7 heteroatoms. The van der Waals surface area contributed by atoms with Gasteiger partial charge in [0.25, 0.3) is 0 Å². The Kier molecular flexibility index (Phi) is 7.84. The fourth-order valence-electron chi connectivity index (χ4n) is 6.23. The lowest BCUT2D eigenvalue weighted by Gasteiger charge is -2.38. The van der Waals surface area contributed by atoms with Crippen molar-refractivity contribution in [3.05, 3.63) is 78.6 Å². The molecule has 4 aromatic rings. The van der Waals surface area contributed by atoms with Gasteiger partial charge in [-0.1, -0.05) is 48.9 Å². The minimum Gasteiger partial charge on any atom is -0.497 e. The molecule has 2 aromatic heterocycles. The smallest absolute Gasteiger partial charge is 0.225 e. The molecule has 2 aliphatic rings. The summed E-state index contributed by atoms with van der Waals surface area (Å²) in [6.45, 7) is 3.95. The Morgan fingerprint density at radius 3 is 2.48 bits per heavy atom. The number of hydrogen-bond donors (Lipinski definition) is 0. The molecule has 2 atom stereocenters. The first-order valence-corrected chi connectivity index (χ1v) is 14.4. The normalized spacial score (nSPS) is 20.1. The van der Waals surface area contributed by atoms with Crippen molar-refractivity contribution in [1.29, 1.82) is 0 Å². The molecule has 7 nitrogen and oxygen atoms in total. The number of aromatic nitrogens is 2. The number of rotatable bonds is 7. The molecule has 2 aromatic carbocycles. The summed E-state index contributed by atoms with van der Waals surface area (Å²) < 4.78 is 13.3. The third kappa shape index (κ3) is 5.49. The SMILES string of the molecule is COc1cccc(-c2nc3ccc(-c4ccccc4)cn3c2CN2CCN(C(=O)C3CCCC(OC)C3)CC2)c1. The van der Waals surface area contributed by atoms with Crippen LogP contribution < -0.4 is 4.74 Å². The zero-order valence-electron chi connectivity index (χ0n) is 23.5. The molecule has 3 heterocycles. The first-order chi connectivity index (χ1) is 19.6. The minimum absolute atomic E-state index is 0.0973. The van der Waals surface area contributed by atoms with Gasteiger partial charge in [-0.05, 0) is 54.7 Å². The highest BCUT2D eigenvalue weighted by Gasteiger charge is 2.32. The van der Waals surface area contributed by atoms with Crippen LogP contribution in [0.2, 0.25) is 0 Å². The number of ether oxygens (including phenoxy) is 2. The summed E-state index contributed by atoms with van der Waals surface area (Å²) in [6, 6.07) is 22.8. The molecule has 0 spiro atoms. The number of benzene rings is 2. The van der Waals surface area contributed by atoms with Crippen LogP contribution in [-0.4, -0.2) is 71.6 Å². The Bertz CT molecular complexity index is 1460. The van der Waals surface area contributed by atoms with E-state index in [9.17, 15) is 4.79 Å². The van der Waals surface area contributed by atoms with Gasteiger partial charge in [-0.2, -0.15) is 0 Å². The summed E-state index contributed by atoms with van der Waals surface area (Å²) >= 11 is 0. The number of hydrogen-bond acceptors (Lipinski definition) is 5. The number of nitrogens with zero attached hydrogens (tertiary/aromatic N) is 4. The van der Waals surface area contributed by atoms with Gasteiger partial charge in [0.15, 0.2) is 0 Å². The van der Waals surface area contributed by atoms with Crippen molar-refractivity contribution in [1.82, 2.24) is 19.2 Å². The van der Waals surface area contributed by atoms with Gasteiger partial charge in [0.2, 0.25) is 5.91 Å². The van der Waals surface area contributed by atoms with E-state index in [-0.39, 0.29) is 12.0 Å². The van der Waals surface area contributed by atoms with Crippen molar-refractivity contribution in [3.8, 4) is 28.1 Å². The van der Waals surface area contributed by atoms with Gasteiger partial charge in [0, 0.05) is 57.5 Å². The average molecular weight is 539 g/mol. The fourth-order valence-corrected chi connectivity index (χ4v) is 6.23. The van der Waals surface area contributed by atoms with E-state index in [2.05, 4.69) is 68.9 Å². The molecule has 1 amide bonds. The van der Waals surface area contributed by atoms with E-state index in [1.54, 1.807) is 14.2 Å². The number of piperazine rings is 1. The highest BCUT2D eigenvalue weighted by atomic mass is 16.5. The molecule has 1 aliphatic carbocycles. The molecule has 2 fully saturated rings. The predicted octanol–water partition coefficient (Wildman–Crippen LogP) is 5.53. The Morgan fingerprint density at radius 2 is 1.70 bits per heavy atom. The van der Waals surface area contributed by atoms with Crippen molar-refractivity contribution in [2.24, 2.45) is 5.92 Å². The van der Waals surface area contributed by atoms with Crippen LogP contribution in [-0.2, 0) is 16.1 Å². The maximum Gasteiger partial charge on any atom is 0.225 e. The lowest BCUT2D eigenvalue weighted by molar-refractivity contribution is -0.140. The highest BCUT2D eigenvalue weighted by molar-refractivity contribution is 5.79. The number of imidazole rings is 1. The van der Waals surface area contributed by atoms with Crippen molar-refractivity contribution < 1.29 is 14.3 Å². The van der Waals surface area contributed by atoms with Crippen molar-refractivity contribution in [3.63, 3.8) is 0 Å². The van der Waals surface area contributed by atoms with Crippen LogP contribution in [0.25, 0.3) is 28.0 Å². The van der Waals surface area contributed by atoms with E-state index in [0.29, 0.717) is 5.91 Å². The van der Waals surface area contributed by atoms with Gasteiger partial charge in [0.05, 0.1) is 24.6 Å². The second kappa shape index (κ2) is 11.8. The largest absolute Gasteiger partial charge is 0.497 e. The molecule has 208 valence electrons. The lowest BCUT2D eigenvalue weighted by atomic mass is 9.86. The third-order valence-electron chi connectivity index (χ3n) is 8.53. The monoisotopic (exact) mass is 538 g/mol. The van der Waals surface area contributed by atoms with Crippen molar-refractivity contribution in [2.75, 3.05) is 40.4 Å². The number of carbonyl (C=O) groups excluding carboxylic acids is 1. The molecule has 1 saturated heterocycles. The van der Waals surface area contributed by atoms with Crippen LogP contribution in [0, 0.1) is 5.92 Å². The Balaban J connectivity index is 1.26. The molecule has 0 radical (unpaired) electrons. The fraction of sp³-hybridized carbons (Fsp3) is 0.394. The number of carbonyl (C=O) groups is 1. The minimum atomic E-state index is 0.0973. The molecule has 0 N–H and O–H groups in total. The standard InChI is InChI=1S/C33H38N4O3/c1-39-28-12-6-10-25(20-28)32-30(37-22-27(14-15-31(37)34-32)24-8-4-3-5-9-24)23-35-16-18-36(19-17-35)33(38)26-11-7-13-29(21-26)40-2/h3-6,8-10,12,14-15,20,22,26,29H,7,11,13,16-19,21,23H2,1-2H3. The highest BCUT2D eigenvalue weighted by Crippen LogP contribution is 2.31. The van der Waals surface area contributed by atoms with E-state index in [1.165, 1.54) is 5.56 Å². The second-order valence-corrected chi connectivity index (χ2v) is 11.0. The van der Waals surface area contributed by atoms with E-state index in [1.807, 2.05) is 18.2 Å². The number of methoxy groups -OCH3 is 2. The van der Waals surface area contributed by atoms with Crippen LogP contribution in [0.5, 0.6) is 5.75 Å². The number of amides is 1. The topological polar surface area (TPSA) is 59.3 Å². The first-order valence-electron chi connectivity index (χ1n) is 14.4. The Hall–Kier alpha value is -3.68. The van der Waals surface area contributed by atoms with E-state index in [0.717, 1.165) is 92.3 Å². The van der Waals surface area contributed by atoms with Gasteiger partial charge < -0.3 is 18.8 Å². The van der Waals surface area contributed by atoms with Gasteiger partial charge >= 0.3 is 0 Å². The van der Waals surface area contributed by atoms with E-state index >= 15 is 0 Å². The predicted molar refractivity (Wildman–Crippen MR) is 157 cm³/mol. The zero-order chi connectivity index (χ0) is 27.5. The maximum atomic E-state index is 13.3. The molecule has 0 bridgehead atoms. The average Bonchev–Trinajstić information content (AvgIpc) is 3.39. The van der Waals surface area contributed by atoms with Crippen LogP contribution in [0.1, 0.15) is 31.4 Å². The molecule has 6 rings (SSSR count). The van der Waals surface area contributed by atoms with Crippen molar-refractivity contribution >= 4 is 11.6 Å². The Labute approximate surface area is 236 Å². The van der Waals surface area contributed by atoms with Gasteiger partial charge in [0.1, 0.15) is 11.4 Å². The molecule has 40 heavy (non-hydrogen) atoms. The zero-order valence-corrected chi connectivity index (χ0v) is 23.5. The quantitative estimate of drug-likeness (QED) is 0.310. The van der Waals surface area contributed by atoms with E-state index in [4.69, 9.17) is 14.5 Å². The number of fused-ring (bicyclic) bond motifs is 1. The van der Waals surface area contributed by atoms with Crippen LogP contribution in [0.3, 0.4) is 0 Å². The van der Waals surface area contributed by atoms with Gasteiger partial charge in [-0.25, -0.2) is 4.98 Å². The van der Waals surface area contributed by atoms with Gasteiger partial charge in [-0.3, -0.25) is 9.69 Å². The van der Waals surface area contributed by atoms with Crippen LogP contribution in [0.4, 0.5) is 0 Å². The summed E-state index contributed by atoms with van der Waals surface area (Å²) in [6.07, 6.45) is 6.39. The third-order valence-corrected chi connectivity index (χ3v) is 8.53. The summed E-state index contributed by atoms with van der Waals surface area (Å²) in [4.78, 5) is 22.9. The summed E-state index contributed by atoms with van der Waals surface area (Å²) in [5.41, 5.74) is 6.41.